The molecule has 0 amide bonds. The van der Waals surface area contributed by atoms with E-state index in [-0.39, 0.29) is 0 Å². The molecule has 0 bridgehead atoms. The Bertz CT molecular complexity index is 988. The van der Waals surface area contributed by atoms with E-state index in [1.807, 2.05) is 48.5 Å². The summed E-state index contributed by atoms with van der Waals surface area (Å²) in [6.07, 6.45) is 0. The molecule has 4 aromatic rings. The highest BCUT2D eigenvalue weighted by molar-refractivity contribution is 5.93. The van der Waals surface area contributed by atoms with Gasteiger partial charge in [-0.2, -0.15) is 0 Å². The minimum absolute atomic E-state index is 0.688. The van der Waals surface area contributed by atoms with E-state index in [0.717, 1.165) is 38.9 Å². The molecule has 0 radical (unpaired) electrons. The van der Waals surface area contributed by atoms with Crippen molar-refractivity contribution >= 4 is 27.5 Å². The van der Waals surface area contributed by atoms with Crippen LogP contribution < -0.4 is 10.5 Å². The molecule has 0 aliphatic carbocycles. The van der Waals surface area contributed by atoms with Crippen molar-refractivity contribution < 1.29 is 4.74 Å². The summed E-state index contributed by atoms with van der Waals surface area (Å²) >= 11 is 0. The van der Waals surface area contributed by atoms with Crippen molar-refractivity contribution in [1.82, 2.24) is 9.97 Å². The van der Waals surface area contributed by atoms with Crippen molar-refractivity contribution in [2.45, 2.75) is 0 Å². The highest BCUT2D eigenvalue weighted by Gasteiger charge is 2.09. The first-order chi connectivity index (χ1) is 10.8. The molecule has 4 heteroatoms. The summed E-state index contributed by atoms with van der Waals surface area (Å²) in [6, 6.07) is 17.9. The molecule has 0 atom stereocenters. The molecule has 4 nitrogen and oxygen atoms in total. The zero-order chi connectivity index (χ0) is 15.1. The molecular weight excluding hydrogens is 274 g/mol. The fourth-order valence-corrected chi connectivity index (χ4v) is 2.76. The SMILES string of the molecule is COc1cccc2cc(-c3ccc4cccc(N)c4n3)[nH]c12. The van der Waals surface area contributed by atoms with Crippen LogP contribution in [0, 0.1) is 0 Å². The zero-order valence-corrected chi connectivity index (χ0v) is 12.1. The molecule has 108 valence electrons. The quantitative estimate of drug-likeness (QED) is 0.549. The van der Waals surface area contributed by atoms with Crippen LogP contribution in [0.4, 0.5) is 5.69 Å². The second-order valence-electron chi connectivity index (χ2n) is 5.22. The smallest absolute Gasteiger partial charge is 0.142 e. The van der Waals surface area contributed by atoms with Gasteiger partial charge in [0, 0.05) is 10.8 Å². The maximum atomic E-state index is 6.03. The van der Waals surface area contributed by atoms with E-state index >= 15 is 0 Å². The summed E-state index contributed by atoms with van der Waals surface area (Å²) in [7, 11) is 1.67. The third kappa shape index (κ3) is 1.89. The fourth-order valence-electron chi connectivity index (χ4n) is 2.76. The first-order valence-electron chi connectivity index (χ1n) is 7.07. The van der Waals surface area contributed by atoms with E-state index in [0.29, 0.717) is 5.69 Å². The van der Waals surface area contributed by atoms with Crippen molar-refractivity contribution in [3.05, 3.63) is 54.6 Å². The van der Waals surface area contributed by atoms with Gasteiger partial charge in [0.15, 0.2) is 0 Å². The van der Waals surface area contributed by atoms with Crippen molar-refractivity contribution in [1.29, 1.82) is 0 Å². The lowest BCUT2D eigenvalue weighted by Crippen LogP contribution is -1.91. The van der Waals surface area contributed by atoms with Crippen LogP contribution in [0.25, 0.3) is 33.2 Å². The molecule has 0 saturated carbocycles. The monoisotopic (exact) mass is 289 g/mol. The van der Waals surface area contributed by atoms with Gasteiger partial charge in [-0.25, -0.2) is 4.98 Å². The second-order valence-corrected chi connectivity index (χ2v) is 5.22. The first kappa shape index (κ1) is 12.7. The number of nitrogens with two attached hydrogens (primary N) is 1. The van der Waals surface area contributed by atoms with Gasteiger partial charge < -0.3 is 15.5 Å². The molecule has 4 rings (SSSR count). The number of ether oxygens (including phenoxy) is 1. The molecule has 0 fully saturated rings. The molecule has 0 spiro atoms. The van der Waals surface area contributed by atoms with Gasteiger partial charge in [-0.3, -0.25) is 0 Å². The summed E-state index contributed by atoms with van der Waals surface area (Å²) in [5.74, 6) is 0.823. The average Bonchev–Trinajstić information content (AvgIpc) is 2.99. The number of aromatic amines is 1. The summed E-state index contributed by atoms with van der Waals surface area (Å²) in [5, 5.41) is 2.13. The van der Waals surface area contributed by atoms with Crippen LogP contribution in [0.3, 0.4) is 0 Å². The number of nitrogens with one attached hydrogen (secondary N) is 1. The molecule has 3 N–H and O–H groups in total. The molecule has 0 aliphatic rings. The number of benzene rings is 2. The number of aromatic nitrogens is 2. The van der Waals surface area contributed by atoms with Crippen molar-refractivity contribution in [3.8, 4) is 17.1 Å². The number of hydrogen-bond donors (Lipinski definition) is 2. The van der Waals surface area contributed by atoms with E-state index in [1.54, 1.807) is 7.11 Å². The fraction of sp³-hybridized carbons (Fsp3) is 0.0556. The standard InChI is InChI=1S/C18H15N3O/c1-22-16-7-3-5-12-10-15(21-18(12)16)14-9-8-11-4-2-6-13(19)17(11)20-14/h2-10,21H,19H2,1H3. The molecule has 2 aromatic carbocycles. The maximum Gasteiger partial charge on any atom is 0.142 e. The molecule has 2 heterocycles. The number of pyridine rings is 1. The summed E-state index contributed by atoms with van der Waals surface area (Å²) < 4.78 is 5.39. The van der Waals surface area contributed by atoms with E-state index in [1.165, 1.54) is 0 Å². The lowest BCUT2D eigenvalue weighted by molar-refractivity contribution is 0.419. The Morgan fingerprint density at radius 1 is 1.00 bits per heavy atom. The molecule has 2 aromatic heterocycles. The Labute approximate surface area is 127 Å². The molecule has 22 heavy (non-hydrogen) atoms. The van der Waals surface area contributed by atoms with Crippen molar-refractivity contribution in [2.75, 3.05) is 12.8 Å². The molecule has 0 aliphatic heterocycles. The van der Waals surface area contributed by atoms with Gasteiger partial charge in [0.25, 0.3) is 0 Å². The predicted octanol–water partition coefficient (Wildman–Crippen LogP) is 3.97. The van der Waals surface area contributed by atoms with Crippen LogP contribution in [-0.4, -0.2) is 17.1 Å². The van der Waals surface area contributed by atoms with Crippen LogP contribution in [0.2, 0.25) is 0 Å². The van der Waals surface area contributed by atoms with Gasteiger partial charge in [0.2, 0.25) is 0 Å². The lowest BCUT2D eigenvalue weighted by atomic mass is 10.1. The van der Waals surface area contributed by atoms with Gasteiger partial charge in [0.05, 0.1) is 35.2 Å². The number of para-hydroxylation sites is 2. The maximum absolute atomic E-state index is 6.03. The summed E-state index contributed by atoms with van der Waals surface area (Å²) in [6.45, 7) is 0. The predicted molar refractivity (Wildman–Crippen MR) is 90.0 cm³/mol. The third-order valence-corrected chi connectivity index (χ3v) is 3.87. The summed E-state index contributed by atoms with van der Waals surface area (Å²) in [4.78, 5) is 8.09. The number of H-pyrrole nitrogens is 1. The minimum atomic E-state index is 0.688. The van der Waals surface area contributed by atoms with Crippen LogP contribution in [-0.2, 0) is 0 Å². The van der Waals surface area contributed by atoms with Crippen LogP contribution in [0.15, 0.2) is 54.6 Å². The number of hydrogen-bond acceptors (Lipinski definition) is 3. The van der Waals surface area contributed by atoms with E-state index in [9.17, 15) is 0 Å². The normalized spacial score (nSPS) is 11.1. The van der Waals surface area contributed by atoms with Gasteiger partial charge in [-0.15, -0.1) is 0 Å². The molecule has 0 unspecified atom stereocenters. The Balaban J connectivity index is 1.93. The number of nitrogen functional groups attached to an aromatic ring is 1. The van der Waals surface area contributed by atoms with Gasteiger partial charge in [-0.1, -0.05) is 30.3 Å². The Morgan fingerprint density at radius 3 is 2.68 bits per heavy atom. The van der Waals surface area contributed by atoms with Crippen LogP contribution in [0.1, 0.15) is 0 Å². The number of anilines is 1. The Kier molecular flexibility index (Phi) is 2.76. The summed E-state index contributed by atoms with van der Waals surface area (Å²) in [5.41, 5.74) is 10.3. The number of methoxy groups -OCH3 is 1. The highest BCUT2D eigenvalue weighted by atomic mass is 16.5. The van der Waals surface area contributed by atoms with E-state index < -0.39 is 0 Å². The topological polar surface area (TPSA) is 63.9 Å². The largest absolute Gasteiger partial charge is 0.495 e. The number of fused-ring (bicyclic) bond motifs is 2. The van der Waals surface area contributed by atoms with Crippen LogP contribution in [0.5, 0.6) is 5.75 Å². The zero-order valence-electron chi connectivity index (χ0n) is 12.1. The second kappa shape index (κ2) is 4.77. The molecular formula is C18H15N3O. The van der Waals surface area contributed by atoms with Crippen molar-refractivity contribution in [3.63, 3.8) is 0 Å². The van der Waals surface area contributed by atoms with Crippen molar-refractivity contribution in [2.24, 2.45) is 0 Å². The Hall–Kier alpha value is -3.01. The molecule has 0 saturated heterocycles. The van der Waals surface area contributed by atoms with E-state index in [4.69, 9.17) is 15.5 Å². The van der Waals surface area contributed by atoms with Crippen LogP contribution >= 0.6 is 0 Å². The van der Waals surface area contributed by atoms with Gasteiger partial charge in [-0.05, 0) is 24.3 Å². The minimum Gasteiger partial charge on any atom is -0.495 e. The van der Waals surface area contributed by atoms with E-state index in [2.05, 4.69) is 11.1 Å². The van der Waals surface area contributed by atoms with Gasteiger partial charge in [0.1, 0.15) is 5.75 Å². The third-order valence-electron chi connectivity index (χ3n) is 3.87. The average molecular weight is 289 g/mol. The number of nitrogens with zero attached hydrogens (tertiary/aromatic N) is 1. The highest BCUT2D eigenvalue weighted by Crippen LogP contribution is 2.30. The number of rotatable bonds is 2. The van der Waals surface area contributed by atoms with Gasteiger partial charge >= 0.3 is 0 Å². The lowest BCUT2D eigenvalue weighted by Gasteiger charge is -2.04. The Morgan fingerprint density at radius 2 is 1.82 bits per heavy atom. The first-order valence-corrected chi connectivity index (χ1v) is 7.07.